The number of methoxy groups -OCH3 is 1. The highest BCUT2D eigenvalue weighted by Crippen LogP contribution is 2.14. The van der Waals surface area contributed by atoms with E-state index >= 15 is 0 Å². The van der Waals surface area contributed by atoms with Gasteiger partial charge in [0.2, 0.25) is 0 Å². The molecule has 0 unspecified atom stereocenters. The molecule has 0 saturated carbocycles. The second-order valence-electron chi connectivity index (χ2n) is 5.08. The van der Waals surface area contributed by atoms with Crippen molar-refractivity contribution >= 4 is 16.9 Å². The van der Waals surface area contributed by atoms with Gasteiger partial charge in [-0.1, -0.05) is 12.1 Å². The lowest BCUT2D eigenvalue weighted by molar-refractivity contribution is 0.0601. The van der Waals surface area contributed by atoms with E-state index in [1.54, 1.807) is 30.3 Å². The minimum Gasteiger partial charge on any atom is -0.508 e. The minimum absolute atomic E-state index is 0.177. The second-order valence-corrected chi connectivity index (χ2v) is 5.08. The lowest BCUT2D eigenvalue weighted by atomic mass is 10.1. The average Bonchev–Trinajstić information content (AvgIpc) is 2.55. The number of H-pyrrole nitrogens is 1. The number of aromatic amines is 1. The predicted octanol–water partition coefficient (Wildman–Crippen LogP) is 2.01. The third-order valence-electron chi connectivity index (χ3n) is 3.48. The van der Waals surface area contributed by atoms with E-state index in [0.717, 1.165) is 5.56 Å². The quantitative estimate of drug-likeness (QED) is 0.722. The topological polar surface area (TPSA) is 92.3 Å². The molecule has 3 rings (SSSR count). The number of esters is 1. The van der Waals surface area contributed by atoms with Crippen molar-refractivity contribution in [2.45, 2.75) is 6.42 Å². The molecule has 0 radical (unpaired) electrons. The maximum absolute atomic E-state index is 12.1. The molecule has 1 aromatic heterocycles. The van der Waals surface area contributed by atoms with Crippen LogP contribution in [0.2, 0.25) is 0 Å². The van der Waals surface area contributed by atoms with Crippen LogP contribution < -0.4 is 5.56 Å². The van der Waals surface area contributed by atoms with E-state index < -0.39 is 5.97 Å². The smallest absolute Gasteiger partial charge is 0.337 e. The average molecular weight is 310 g/mol. The third kappa shape index (κ3) is 3.06. The third-order valence-corrected chi connectivity index (χ3v) is 3.48. The number of carbonyl (C=O) groups excluding carboxylic acids is 1. The molecule has 0 aliphatic carbocycles. The van der Waals surface area contributed by atoms with Crippen molar-refractivity contribution in [2.75, 3.05) is 7.11 Å². The summed E-state index contributed by atoms with van der Waals surface area (Å²) < 4.78 is 4.68. The number of carbonyl (C=O) groups is 1. The monoisotopic (exact) mass is 310 g/mol. The Morgan fingerprint density at radius 2 is 1.96 bits per heavy atom. The molecule has 116 valence electrons. The second kappa shape index (κ2) is 5.92. The van der Waals surface area contributed by atoms with Crippen LogP contribution in [0.15, 0.2) is 47.3 Å². The molecule has 0 aliphatic heterocycles. The summed E-state index contributed by atoms with van der Waals surface area (Å²) in [5.74, 6) is 0.181. The molecule has 0 saturated heterocycles. The van der Waals surface area contributed by atoms with E-state index in [1.165, 1.54) is 19.2 Å². The summed E-state index contributed by atoms with van der Waals surface area (Å²) in [7, 11) is 1.30. The van der Waals surface area contributed by atoms with Gasteiger partial charge in [-0.25, -0.2) is 9.78 Å². The number of hydrogen-bond acceptors (Lipinski definition) is 5. The van der Waals surface area contributed by atoms with Crippen molar-refractivity contribution in [1.29, 1.82) is 0 Å². The van der Waals surface area contributed by atoms with E-state index in [9.17, 15) is 14.7 Å². The summed E-state index contributed by atoms with van der Waals surface area (Å²) in [4.78, 5) is 30.9. The van der Waals surface area contributed by atoms with Crippen LogP contribution in [0.4, 0.5) is 0 Å². The first-order chi connectivity index (χ1) is 11.1. The Morgan fingerprint density at radius 1 is 1.22 bits per heavy atom. The Bertz CT molecular complexity index is 929. The van der Waals surface area contributed by atoms with Crippen LogP contribution in [-0.4, -0.2) is 28.2 Å². The number of ether oxygens (including phenoxy) is 1. The molecule has 0 bridgehead atoms. The standard InChI is InChI=1S/C17H14N2O4/c1-23-17(22)11-4-7-13-14(9-11)18-15(19-16(13)21)8-10-2-5-12(20)6-3-10/h2-7,9,20H,8H2,1H3,(H,18,19,21). The minimum atomic E-state index is -0.478. The fraction of sp³-hybridized carbons (Fsp3) is 0.118. The summed E-state index contributed by atoms with van der Waals surface area (Å²) in [6, 6.07) is 11.3. The van der Waals surface area contributed by atoms with E-state index in [2.05, 4.69) is 14.7 Å². The normalized spacial score (nSPS) is 10.7. The SMILES string of the molecule is COC(=O)c1ccc2c(=O)[nH]c(Cc3ccc(O)cc3)nc2c1. The molecule has 0 amide bonds. The zero-order valence-electron chi connectivity index (χ0n) is 12.4. The molecule has 3 aromatic rings. The maximum atomic E-state index is 12.1. The van der Waals surface area contributed by atoms with Crippen LogP contribution in [0.5, 0.6) is 5.75 Å². The summed E-state index contributed by atoms with van der Waals surface area (Å²) in [5.41, 5.74) is 1.41. The lowest BCUT2D eigenvalue weighted by Crippen LogP contribution is -2.13. The highest BCUT2D eigenvalue weighted by molar-refractivity contribution is 5.93. The van der Waals surface area contributed by atoms with Crippen LogP contribution in [-0.2, 0) is 11.2 Å². The van der Waals surface area contributed by atoms with Gasteiger partial charge in [0, 0.05) is 6.42 Å². The number of nitrogens with zero attached hydrogens (tertiary/aromatic N) is 1. The van der Waals surface area contributed by atoms with Crippen LogP contribution in [0, 0.1) is 0 Å². The van der Waals surface area contributed by atoms with Gasteiger partial charge in [0.1, 0.15) is 11.6 Å². The number of benzene rings is 2. The van der Waals surface area contributed by atoms with Crippen molar-refractivity contribution < 1.29 is 14.6 Å². The molecule has 6 heteroatoms. The highest BCUT2D eigenvalue weighted by Gasteiger charge is 2.10. The Labute approximate surface area is 131 Å². The maximum Gasteiger partial charge on any atom is 0.337 e. The van der Waals surface area contributed by atoms with Crippen LogP contribution >= 0.6 is 0 Å². The number of aromatic hydroxyl groups is 1. The molecule has 2 N–H and O–H groups in total. The van der Waals surface area contributed by atoms with Gasteiger partial charge < -0.3 is 14.8 Å². The molecule has 0 aliphatic rings. The van der Waals surface area contributed by atoms with Crippen molar-refractivity contribution in [3.63, 3.8) is 0 Å². The van der Waals surface area contributed by atoms with Gasteiger partial charge in [-0.3, -0.25) is 4.79 Å². The summed E-state index contributed by atoms with van der Waals surface area (Å²) in [5, 5.41) is 9.71. The fourth-order valence-corrected chi connectivity index (χ4v) is 2.32. The van der Waals surface area contributed by atoms with E-state index in [1.807, 2.05) is 0 Å². The Morgan fingerprint density at radius 3 is 2.65 bits per heavy atom. The predicted molar refractivity (Wildman–Crippen MR) is 84.6 cm³/mol. The number of phenols is 1. The molecule has 0 atom stereocenters. The molecule has 2 aromatic carbocycles. The summed E-state index contributed by atoms with van der Waals surface area (Å²) in [6.45, 7) is 0. The van der Waals surface area contributed by atoms with Crippen LogP contribution in [0.3, 0.4) is 0 Å². The lowest BCUT2D eigenvalue weighted by Gasteiger charge is -2.05. The van der Waals surface area contributed by atoms with E-state index in [4.69, 9.17) is 0 Å². The number of aromatic nitrogens is 2. The molecular formula is C17H14N2O4. The van der Waals surface area contributed by atoms with Crippen molar-refractivity contribution in [3.05, 3.63) is 69.8 Å². The summed E-state index contributed by atoms with van der Waals surface area (Å²) in [6.07, 6.45) is 0.411. The Hall–Kier alpha value is -3.15. The Balaban J connectivity index is 2.02. The first-order valence-corrected chi connectivity index (χ1v) is 6.96. The number of hydrogen-bond donors (Lipinski definition) is 2. The van der Waals surface area contributed by atoms with Gasteiger partial charge >= 0.3 is 5.97 Å². The molecular weight excluding hydrogens is 296 g/mol. The number of phenolic OH excluding ortho intramolecular Hbond substituents is 1. The van der Waals surface area contributed by atoms with E-state index in [0.29, 0.717) is 28.7 Å². The van der Waals surface area contributed by atoms with Gasteiger partial charge in [0.05, 0.1) is 23.6 Å². The Kier molecular flexibility index (Phi) is 3.80. The van der Waals surface area contributed by atoms with Crippen LogP contribution in [0.25, 0.3) is 10.9 Å². The molecule has 0 fully saturated rings. The fourth-order valence-electron chi connectivity index (χ4n) is 2.32. The first kappa shape index (κ1) is 14.8. The van der Waals surface area contributed by atoms with Crippen molar-refractivity contribution in [3.8, 4) is 5.75 Å². The molecule has 23 heavy (non-hydrogen) atoms. The first-order valence-electron chi connectivity index (χ1n) is 6.96. The number of nitrogens with one attached hydrogen (secondary N) is 1. The van der Waals surface area contributed by atoms with Crippen molar-refractivity contribution in [1.82, 2.24) is 9.97 Å². The largest absolute Gasteiger partial charge is 0.508 e. The zero-order valence-corrected chi connectivity index (χ0v) is 12.4. The van der Waals surface area contributed by atoms with Gasteiger partial charge in [-0.15, -0.1) is 0 Å². The zero-order chi connectivity index (χ0) is 16.4. The molecule has 1 heterocycles. The van der Waals surface area contributed by atoms with Gasteiger partial charge in [0.25, 0.3) is 5.56 Å². The number of rotatable bonds is 3. The number of fused-ring (bicyclic) bond motifs is 1. The molecule has 0 spiro atoms. The highest BCUT2D eigenvalue weighted by atomic mass is 16.5. The van der Waals surface area contributed by atoms with Gasteiger partial charge in [-0.05, 0) is 35.9 Å². The van der Waals surface area contributed by atoms with Crippen molar-refractivity contribution in [2.24, 2.45) is 0 Å². The summed E-state index contributed by atoms with van der Waals surface area (Å²) >= 11 is 0. The van der Waals surface area contributed by atoms with E-state index in [-0.39, 0.29) is 11.3 Å². The van der Waals surface area contributed by atoms with Gasteiger partial charge in [0.15, 0.2) is 0 Å². The molecule has 6 nitrogen and oxygen atoms in total. The van der Waals surface area contributed by atoms with Gasteiger partial charge in [-0.2, -0.15) is 0 Å². The van der Waals surface area contributed by atoms with Crippen LogP contribution in [0.1, 0.15) is 21.7 Å².